The van der Waals surface area contributed by atoms with Crippen molar-refractivity contribution in [2.45, 2.75) is 0 Å². The van der Waals surface area contributed by atoms with Gasteiger partial charge in [0.2, 0.25) is 11.6 Å². The van der Waals surface area contributed by atoms with E-state index in [9.17, 15) is 14.9 Å². The zero-order valence-electron chi connectivity index (χ0n) is 21.5. The maximum Gasteiger partial charge on any atom is 0.291 e. The molecule has 1 N–H and O–H groups in total. The van der Waals surface area contributed by atoms with E-state index in [2.05, 4.69) is 15.5 Å². The van der Waals surface area contributed by atoms with Gasteiger partial charge in [-0.15, -0.1) is 0 Å². The van der Waals surface area contributed by atoms with E-state index in [1.807, 2.05) is 0 Å². The third-order valence-electron chi connectivity index (χ3n) is 5.93. The highest BCUT2D eigenvalue weighted by Crippen LogP contribution is 2.41. The Morgan fingerprint density at radius 3 is 2.35 bits per heavy atom. The lowest BCUT2D eigenvalue weighted by Gasteiger charge is -2.12. The number of ether oxygens (including phenoxy) is 3. The Labute approximate surface area is 227 Å². The van der Waals surface area contributed by atoms with Crippen LogP contribution in [0.15, 0.2) is 81.7 Å². The molecule has 3 aromatic carbocycles. The molecule has 1 amide bonds. The molecule has 0 fully saturated rings. The molecule has 2 heterocycles. The third kappa shape index (κ3) is 5.05. The van der Waals surface area contributed by atoms with Gasteiger partial charge in [0.05, 0.1) is 37.5 Å². The van der Waals surface area contributed by atoms with Crippen LogP contribution in [0.2, 0.25) is 0 Å². The number of nitro benzene ring substituents is 1. The molecule has 0 unspecified atom stereocenters. The Balaban J connectivity index is 1.40. The van der Waals surface area contributed by atoms with Crippen LogP contribution < -0.4 is 19.5 Å². The van der Waals surface area contributed by atoms with Crippen molar-refractivity contribution in [1.29, 1.82) is 0 Å². The number of para-hydroxylation sites is 1. The lowest BCUT2D eigenvalue weighted by atomic mass is 10.1. The second kappa shape index (κ2) is 11.0. The number of nitro groups is 1. The summed E-state index contributed by atoms with van der Waals surface area (Å²) in [5, 5.41) is 18.0. The lowest BCUT2D eigenvalue weighted by molar-refractivity contribution is -0.384. The first kappa shape index (κ1) is 26.0. The molecule has 0 bridgehead atoms. The van der Waals surface area contributed by atoms with Crippen molar-refractivity contribution in [1.82, 2.24) is 10.1 Å². The molecule has 40 heavy (non-hydrogen) atoms. The maximum absolute atomic E-state index is 13.0. The highest BCUT2D eigenvalue weighted by atomic mass is 16.6. The predicted molar refractivity (Wildman–Crippen MR) is 144 cm³/mol. The van der Waals surface area contributed by atoms with Crippen LogP contribution in [-0.2, 0) is 0 Å². The van der Waals surface area contributed by atoms with Crippen molar-refractivity contribution in [3.63, 3.8) is 0 Å². The molecule has 0 aliphatic carbocycles. The van der Waals surface area contributed by atoms with Crippen LogP contribution in [0.4, 0.5) is 11.4 Å². The molecule has 0 saturated carbocycles. The highest BCUT2D eigenvalue weighted by Gasteiger charge is 2.21. The van der Waals surface area contributed by atoms with E-state index in [4.69, 9.17) is 23.2 Å². The average molecular weight is 543 g/mol. The van der Waals surface area contributed by atoms with Gasteiger partial charge in [0.25, 0.3) is 17.5 Å². The largest absolute Gasteiger partial charge is 0.493 e. The monoisotopic (exact) mass is 542 g/mol. The number of nitrogens with zero attached hydrogens (tertiary/aromatic N) is 3. The van der Waals surface area contributed by atoms with Crippen molar-refractivity contribution in [2.24, 2.45) is 0 Å². The van der Waals surface area contributed by atoms with E-state index in [1.165, 1.54) is 39.5 Å². The zero-order valence-corrected chi connectivity index (χ0v) is 21.5. The summed E-state index contributed by atoms with van der Waals surface area (Å²) in [4.78, 5) is 28.1. The Hall–Kier alpha value is -5.65. The van der Waals surface area contributed by atoms with Gasteiger partial charge < -0.3 is 28.5 Å². The summed E-state index contributed by atoms with van der Waals surface area (Å²) in [5.74, 6) is 1.51. The fourth-order valence-electron chi connectivity index (χ4n) is 4.01. The van der Waals surface area contributed by atoms with Gasteiger partial charge in [0, 0.05) is 23.3 Å². The number of furan rings is 1. The molecule has 0 spiro atoms. The summed E-state index contributed by atoms with van der Waals surface area (Å²) >= 11 is 0. The summed E-state index contributed by atoms with van der Waals surface area (Å²) in [6, 6.07) is 19.3. The molecule has 0 atom stereocenters. The fraction of sp³-hybridized carbons (Fsp3) is 0.107. The molecule has 12 heteroatoms. The number of carbonyl (C=O) groups excluding carboxylic acids is 1. The number of non-ortho nitro benzene ring substituents is 1. The molecular formula is C28H22N4O8. The third-order valence-corrected chi connectivity index (χ3v) is 5.93. The van der Waals surface area contributed by atoms with Crippen molar-refractivity contribution in [2.75, 3.05) is 26.6 Å². The second-order valence-electron chi connectivity index (χ2n) is 8.31. The first-order valence-corrected chi connectivity index (χ1v) is 11.8. The highest BCUT2D eigenvalue weighted by molar-refractivity contribution is 6.04. The van der Waals surface area contributed by atoms with Crippen LogP contribution in [0.3, 0.4) is 0 Å². The smallest absolute Gasteiger partial charge is 0.291 e. The Bertz CT molecular complexity index is 1680. The van der Waals surface area contributed by atoms with Crippen molar-refractivity contribution in [3.05, 3.63) is 88.7 Å². The van der Waals surface area contributed by atoms with E-state index >= 15 is 0 Å². The minimum absolute atomic E-state index is 0.0138. The summed E-state index contributed by atoms with van der Waals surface area (Å²) in [5.41, 5.74) is 1.83. The van der Waals surface area contributed by atoms with Crippen molar-refractivity contribution in [3.8, 4) is 51.4 Å². The van der Waals surface area contributed by atoms with E-state index in [0.29, 0.717) is 45.4 Å². The van der Waals surface area contributed by atoms with Crippen LogP contribution in [0.1, 0.15) is 10.6 Å². The van der Waals surface area contributed by atoms with E-state index in [1.54, 1.807) is 54.6 Å². The van der Waals surface area contributed by atoms with Crippen molar-refractivity contribution < 1.29 is 32.9 Å². The van der Waals surface area contributed by atoms with Crippen LogP contribution in [0.5, 0.6) is 17.2 Å². The topological polar surface area (TPSA) is 152 Å². The minimum atomic E-state index is -0.534. The van der Waals surface area contributed by atoms with Crippen LogP contribution >= 0.6 is 0 Å². The number of methoxy groups -OCH3 is 3. The van der Waals surface area contributed by atoms with Crippen molar-refractivity contribution >= 4 is 17.3 Å². The molecule has 0 saturated heterocycles. The number of amides is 1. The molecule has 0 aliphatic rings. The Morgan fingerprint density at radius 2 is 1.65 bits per heavy atom. The Kier molecular flexibility index (Phi) is 7.14. The number of nitrogens with one attached hydrogen (secondary N) is 1. The van der Waals surface area contributed by atoms with Gasteiger partial charge in [-0.1, -0.05) is 29.4 Å². The van der Waals surface area contributed by atoms with Gasteiger partial charge in [-0.05, 0) is 36.4 Å². The van der Waals surface area contributed by atoms with Crippen LogP contribution in [-0.4, -0.2) is 42.3 Å². The molecule has 2 aromatic heterocycles. The average Bonchev–Trinajstić information content (AvgIpc) is 3.68. The number of hydrogen-bond donors (Lipinski definition) is 1. The molecular weight excluding hydrogens is 520 g/mol. The van der Waals surface area contributed by atoms with Gasteiger partial charge in [-0.2, -0.15) is 4.98 Å². The van der Waals surface area contributed by atoms with Crippen LogP contribution in [0, 0.1) is 10.1 Å². The molecule has 0 aliphatic heterocycles. The quantitative estimate of drug-likeness (QED) is 0.177. The van der Waals surface area contributed by atoms with E-state index < -0.39 is 10.8 Å². The van der Waals surface area contributed by atoms with Gasteiger partial charge >= 0.3 is 0 Å². The normalized spacial score (nSPS) is 10.7. The summed E-state index contributed by atoms with van der Waals surface area (Å²) in [7, 11) is 4.52. The first-order valence-electron chi connectivity index (χ1n) is 11.8. The number of rotatable bonds is 9. The summed E-state index contributed by atoms with van der Waals surface area (Å²) in [6.45, 7) is 0. The standard InChI is InChI=1S/C28H22N4O8/c1-36-23-14-17(15-24(37-2)25(23)38-3)26-30-28(40-31-26)19-9-4-5-10-20(19)29-27(33)22-12-11-21(39-22)16-7-6-8-18(13-16)32(34)35/h4-15H,1-3H3,(H,29,33). The molecule has 0 radical (unpaired) electrons. The molecule has 12 nitrogen and oxygen atoms in total. The SMILES string of the molecule is COc1cc(-c2noc(-c3ccccc3NC(=O)c3ccc(-c4cccc([N+](=O)[O-])c4)o3)n2)cc(OC)c1OC. The number of carbonyl (C=O) groups is 1. The fourth-order valence-corrected chi connectivity index (χ4v) is 4.01. The molecule has 202 valence electrons. The number of anilines is 1. The molecule has 5 aromatic rings. The van der Waals surface area contributed by atoms with Gasteiger partial charge in [-0.3, -0.25) is 14.9 Å². The van der Waals surface area contributed by atoms with E-state index in [0.717, 1.165) is 0 Å². The minimum Gasteiger partial charge on any atom is -0.493 e. The van der Waals surface area contributed by atoms with Gasteiger partial charge in [-0.25, -0.2) is 0 Å². The Morgan fingerprint density at radius 1 is 0.900 bits per heavy atom. The van der Waals surface area contributed by atoms with Crippen LogP contribution in [0.25, 0.3) is 34.2 Å². The molecule has 5 rings (SSSR count). The van der Waals surface area contributed by atoms with E-state index in [-0.39, 0.29) is 23.2 Å². The summed E-state index contributed by atoms with van der Waals surface area (Å²) < 4.78 is 27.4. The number of hydrogen-bond acceptors (Lipinski definition) is 10. The number of benzene rings is 3. The second-order valence-corrected chi connectivity index (χ2v) is 8.31. The lowest BCUT2D eigenvalue weighted by Crippen LogP contribution is -2.11. The zero-order chi connectivity index (χ0) is 28.2. The number of aromatic nitrogens is 2. The summed E-state index contributed by atoms with van der Waals surface area (Å²) in [6.07, 6.45) is 0. The predicted octanol–water partition coefficient (Wildman–Crippen LogP) is 5.85. The first-order chi connectivity index (χ1) is 19.4. The van der Waals surface area contributed by atoms with Gasteiger partial charge in [0.1, 0.15) is 5.76 Å². The maximum atomic E-state index is 13.0. The van der Waals surface area contributed by atoms with Gasteiger partial charge in [0.15, 0.2) is 17.3 Å².